The van der Waals surface area contributed by atoms with Crippen molar-refractivity contribution < 1.29 is 27.2 Å². The van der Waals surface area contributed by atoms with Gasteiger partial charge in [0.05, 0.1) is 11.2 Å². The van der Waals surface area contributed by atoms with Crippen LogP contribution in [-0.2, 0) is 19.6 Å². The highest BCUT2D eigenvalue weighted by Gasteiger charge is 2.23. The molecule has 0 spiro atoms. The van der Waals surface area contributed by atoms with Gasteiger partial charge in [-0.05, 0) is 51.1 Å². The molecule has 2 aromatic rings. The van der Waals surface area contributed by atoms with Gasteiger partial charge in [0.15, 0.2) is 6.61 Å². The van der Waals surface area contributed by atoms with E-state index in [0.717, 1.165) is 0 Å². The SMILES string of the molecule is Cc1occc1C(=O)OCC(=O)Nc1ccc(S(=O)(=O)N(C)C(C)C)cc1. The number of sulfonamides is 1. The minimum atomic E-state index is -3.59. The van der Waals surface area contributed by atoms with Crippen molar-refractivity contribution in [3.63, 3.8) is 0 Å². The molecule has 146 valence electrons. The van der Waals surface area contributed by atoms with E-state index >= 15 is 0 Å². The fraction of sp³-hybridized carbons (Fsp3) is 0.333. The first kappa shape index (κ1) is 20.7. The smallest absolute Gasteiger partial charge is 0.342 e. The van der Waals surface area contributed by atoms with Gasteiger partial charge in [-0.15, -0.1) is 0 Å². The van der Waals surface area contributed by atoms with Crippen LogP contribution in [0.2, 0.25) is 0 Å². The van der Waals surface area contributed by atoms with E-state index in [9.17, 15) is 18.0 Å². The second-order valence-electron chi connectivity index (χ2n) is 6.15. The second kappa shape index (κ2) is 8.36. The Morgan fingerprint density at radius 2 is 1.81 bits per heavy atom. The fourth-order valence-corrected chi connectivity index (χ4v) is 3.52. The minimum absolute atomic E-state index is 0.124. The second-order valence-corrected chi connectivity index (χ2v) is 8.15. The number of hydrogen-bond donors (Lipinski definition) is 1. The zero-order valence-corrected chi connectivity index (χ0v) is 16.4. The Kier molecular flexibility index (Phi) is 6.40. The summed E-state index contributed by atoms with van der Waals surface area (Å²) in [7, 11) is -2.09. The standard InChI is InChI=1S/C18H22N2O6S/c1-12(2)20(4)27(23,24)15-7-5-14(6-8-15)19-17(21)11-26-18(22)16-9-10-25-13(16)3/h5-10,12H,11H2,1-4H3,(H,19,21). The van der Waals surface area contributed by atoms with Crippen molar-refractivity contribution in [3.05, 3.63) is 47.9 Å². The van der Waals surface area contributed by atoms with Gasteiger partial charge in [-0.25, -0.2) is 13.2 Å². The van der Waals surface area contributed by atoms with Crippen LogP contribution in [-0.4, -0.2) is 44.3 Å². The molecule has 0 atom stereocenters. The molecular weight excluding hydrogens is 372 g/mol. The number of nitrogens with zero attached hydrogens (tertiary/aromatic N) is 1. The lowest BCUT2D eigenvalue weighted by Crippen LogP contribution is -2.33. The summed E-state index contributed by atoms with van der Waals surface area (Å²) in [4.78, 5) is 23.9. The zero-order valence-electron chi connectivity index (χ0n) is 15.6. The maximum Gasteiger partial charge on any atom is 0.342 e. The Labute approximate surface area is 158 Å². The molecule has 0 aliphatic heterocycles. The molecule has 2 rings (SSSR count). The van der Waals surface area contributed by atoms with Crippen LogP contribution in [0.4, 0.5) is 5.69 Å². The first-order valence-corrected chi connectivity index (χ1v) is 9.66. The molecule has 1 aromatic heterocycles. The molecule has 0 saturated carbocycles. The highest BCUT2D eigenvalue weighted by Crippen LogP contribution is 2.19. The Balaban J connectivity index is 1.95. The third-order valence-electron chi connectivity index (χ3n) is 3.96. The number of furan rings is 1. The number of benzene rings is 1. The van der Waals surface area contributed by atoms with Crippen LogP contribution < -0.4 is 5.32 Å². The lowest BCUT2D eigenvalue weighted by molar-refractivity contribution is -0.119. The quantitative estimate of drug-likeness (QED) is 0.723. The topological polar surface area (TPSA) is 106 Å². The van der Waals surface area contributed by atoms with E-state index in [2.05, 4.69) is 5.32 Å². The highest BCUT2D eigenvalue weighted by atomic mass is 32.2. The molecular formula is C18H22N2O6S. The average Bonchev–Trinajstić information content (AvgIpc) is 3.05. The molecule has 27 heavy (non-hydrogen) atoms. The van der Waals surface area contributed by atoms with E-state index in [-0.39, 0.29) is 16.5 Å². The van der Waals surface area contributed by atoms with Crippen LogP contribution in [0.1, 0.15) is 30.0 Å². The van der Waals surface area contributed by atoms with E-state index in [0.29, 0.717) is 11.4 Å². The number of hydrogen-bond acceptors (Lipinski definition) is 6. The largest absolute Gasteiger partial charge is 0.469 e. The number of ether oxygens (including phenoxy) is 1. The maximum absolute atomic E-state index is 12.4. The summed E-state index contributed by atoms with van der Waals surface area (Å²) in [6.45, 7) is 4.69. The number of amides is 1. The van der Waals surface area contributed by atoms with Crippen molar-refractivity contribution in [2.45, 2.75) is 31.7 Å². The molecule has 0 saturated heterocycles. The number of anilines is 1. The molecule has 1 N–H and O–H groups in total. The number of carbonyl (C=O) groups is 2. The first-order valence-electron chi connectivity index (χ1n) is 8.22. The number of rotatable bonds is 7. The van der Waals surface area contributed by atoms with Gasteiger partial charge in [-0.1, -0.05) is 0 Å². The third kappa shape index (κ3) is 4.95. The fourth-order valence-electron chi connectivity index (χ4n) is 2.16. The monoisotopic (exact) mass is 394 g/mol. The predicted octanol–water partition coefficient (Wildman–Crippen LogP) is 2.41. The molecule has 0 bridgehead atoms. The van der Waals surface area contributed by atoms with E-state index in [4.69, 9.17) is 9.15 Å². The molecule has 8 nitrogen and oxygen atoms in total. The summed E-state index contributed by atoms with van der Waals surface area (Å²) in [5.41, 5.74) is 0.647. The van der Waals surface area contributed by atoms with Gasteiger partial charge in [-0.2, -0.15) is 4.31 Å². The third-order valence-corrected chi connectivity index (χ3v) is 6.00. The number of aryl methyl sites for hydroxylation is 1. The summed E-state index contributed by atoms with van der Waals surface area (Å²) in [6, 6.07) is 7.04. The summed E-state index contributed by atoms with van der Waals surface area (Å²) >= 11 is 0. The number of esters is 1. The van der Waals surface area contributed by atoms with Gasteiger partial charge < -0.3 is 14.5 Å². The zero-order chi connectivity index (χ0) is 20.2. The van der Waals surface area contributed by atoms with Gasteiger partial charge in [0.2, 0.25) is 10.0 Å². The van der Waals surface area contributed by atoms with Crippen LogP contribution in [0.5, 0.6) is 0 Å². The molecule has 0 aliphatic carbocycles. The van der Waals surface area contributed by atoms with Crippen molar-refractivity contribution >= 4 is 27.6 Å². The van der Waals surface area contributed by atoms with E-state index in [1.807, 2.05) is 0 Å². The molecule has 1 aromatic carbocycles. The van der Waals surface area contributed by atoms with Crippen LogP contribution in [0.3, 0.4) is 0 Å². The van der Waals surface area contributed by atoms with Crippen molar-refractivity contribution in [2.75, 3.05) is 19.0 Å². The predicted molar refractivity (Wildman–Crippen MR) is 98.9 cm³/mol. The summed E-state index contributed by atoms with van der Waals surface area (Å²) in [6.07, 6.45) is 1.36. The molecule has 0 radical (unpaired) electrons. The Bertz CT molecular complexity index is 916. The van der Waals surface area contributed by atoms with E-state index in [1.54, 1.807) is 20.8 Å². The average molecular weight is 394 g/mol. The van der Waals surface area contributed by atoms with Gasteiger partial charge in [0.1, 0.15) is 11.3 Å². The number of carbonyl (C=O) groups excluding carboxylic acids is 2. The Hall–Kier alpha value is -2.65. The van der Waals surface area contributed by atoms with Crippen molar-refractivity contribution in [3.8, 4) is 0 Å². The van der Waals surface area contributed by atoms with Crippen LogP contribution in [0.15, 0.2) is 45.9 Å². The molecule has 9 heteroatoms. The maximum atomic E-state index is 12.4. The van der Waals surface area contributed by atoms with Gasteiger partial charge in [-0.3, -0.25) is 4.79 Å². The van der Waals surface area contributed by atoms with Crippen LogP contribution >= 0.6 is 0 Å². The lowest BCUT2D eigenvalue weighted by atomic mass is 10.3. The van der Waals surface area contributed by atoms with Gasteiger partial charge in [0.25, 0.3) is 5.91 Å². The minimum Gasteiger partial charge on any atom is -0.469 e. The first-order chi connectivity index (χ1) is 12.6. The normalized spacial score (nSPS) is 11.6. The summed E-state index contributed by atoms with van der Waals surface area (Å²) < 4.78 is 36.0. The van der Waals surface area contributed by atoms with Gasteiger partial charge in [0, 0.05) is 18.8 Å². The lowest BCUT2D eigenvalue weighted by Gasteiger charge is -2.21. The van der Waals surface area contributed by atoms with E-state index < -0.39 is 28.5 Å². The Morgan fingerprint density at radius 3 is 2.33 bits per heavy atom. The highest BCUT2D eigenvalue weighted by molar-refractivity contribution is 7.89. The Morgan fingerprint density at radius 1 is 1.19 bits per heavy atom. The van der Waals surface area contributed by atoms with Crippen LogP contribution in [0.25, 0.3) is 0 Å². The van der Waals surface area contributed by atoms with Crippen molar-refractivity contribution in [1.82, 2.24) is 4.31 Å². The molecule has 1 heterocycles. The van der Waals surface area contributed by atoms with E-state index in [1.165, 1.54) is 47.9 Å². The summed E-state index contributed by atoms with van der Waals surface area (Å²) in [5, 5.41) is 2.54. The molecule has 1 amide bonds. The van der Waals surface area contributed by atoms with Gasteiger partial charge >= 0.3 is 5.97 Å². The summed E-state index contributed by atoms with van der Waals surface area (Å²) in [5.74, 6) is -0.794. The van der Waals surface area contributed by atoms with Crippen molar-refractivity contribution in [2.24, 2.45) is 0 Å². The number of nitrogens with one attached hydrogen (secondary N) is 1. The molecule has 0 unspecified atom stereocenters. The molecule has 0 aliphatic rings. The van der Waals surface area contributed by atoms with Crippen LogP contribution in [0, 0.1) is 6.92 Å². The molecule has 0 fully saturated rings. The van der Waals surface area contributed by atoms with Crippen molar-refractivity contribution in [1.29, 1.82) is 0 Å².